The van der Waals surface area contributed by atoms with Crippen LogP contribution in [0.5, 0.6) is 0 Å². The normalized spacial score (nSPS) is 7.80. The van der Waals surface area contributed by atoms with Crippen molar-refractivity contribution in [3.8, 4) is 0 Å². The maximum atomic E-state index is 10.3. The van der Waals surface area contributed by atoms with Crippen molar-refractivity contribution < 1.29 is 66.1 Å². The van der Waals surface area contributed by atoms with Crippen molar-refractivity contribution >= 4 is 11.9 Å². The molecule has 4 nitrogen and oxygen atoms in total. The minimum absolute atomic E-state index is 0. The Bertz CT molecular complexity index is 137. The molecule has 10 heavy (non-hydrogen) atoms. The summed E-state index contributed by atoms with van der Waals surface area (Å²) in [5.74, 6) is -1.52. The smallest absolute Gasteiger partial charge is 0.548 e. The van der Waals surface area contributed by atoms with E-state index in [1.807, 2.05) is 0 Å². The van der Waals surface area contributed by atoms with E-state index in [1.54, 1.807) is 0 Å². The van der Waals surface area contributed by atoms with Gasteiger partial charge >= 0.3 is 51.4 Å². The number of hydrogen-bond donors (Lipinski definition) is 0. The van der Waals surface area contributed by atoms with Gasteiger partial charge in [-0.1, -0.05) is 0 Å². The van der Waals surface area contributed by atoms with Gasteiger partial charge in [0.1, 0.15) is 0 Å². The number of carbonyl (C=O) groups excluding carboxylic acids is 2. The van der Waals surface area contributed by atoms with Crippen LogP contribution in [-0.4, -0.2) is 30.4 Å². The predicted octanol–water partition coefficient (Wildman–Crippen LogP) is -4.78. The third kappa shape index (κ3) is 6.69. The summed E-state index contributed by atoms with van der Waals surface area (Å²) in [4.78, 5) is 21.2. The van der Waals surface area contributed by atoms with Gasteiger partial charge in [-0.15, -0.1) is 0 Å². The Kier molecular flexibility index (Phi) is 8.30. The molecule has 52 valence electrons. The molecule has 0 heterocycles. The van der Waals surface area contributed by atoms with Crippen molar-refractivity contribution in [1.82, 2.24) is 4.90 Å². The van der Waals surface area contributed by atoms with E-state index in [4.69, 9.17) is 0 Å². The van der Waals surface area contributed by atoms with Crippen molar-refractivity contribution in [2.75, 3.05) is 13.6 Å². The van der Waals surface area contributed by atoms with E-state index >= 15 is 0 Å². The minimum Gasteiger partial charge on any atom is -0.548 e. The molecular weight excluding hydrogens is 161 g/mol. The van der Waals surface area contributed by atoms with Crippen LogP contribution in [0.1, 0.15) is 6.92 Å². The Morgan fingerprint density at radius 2 is 1.90 bits per heavy atom. The van der Waals surface area contributed by atoms with Crippen molar-refractivity contribution in [2.45, 2.75) is 6.92 Å². The third-order valence-corrected chi connectivity index (χ3v) is 0.904. The van der Waals surface area contributed by atoms with Crippen LogP contribution in [0.3, 0.4) is 0 Å². The summed E-state index contributed by atoms with van der Waals surface area (Å²) in [6, 6.07) is 0. The van der Waals surface area contributed by atoms with Crippen molar-refractivity contribution in [2.24, 2.45) is 0 Å². The number of rotatable bonds is 2. The maximum absolute atomic E-state index is 10.3. The molecule has 0 saturated heterocycles. The van der Waals surface area contributed by atoms with Gasteiger partial charge < -0.3 is 14.8 Å². The molecule has 0 aromatic carbocycles. The molecule has 1 amide bonds. The molecule has 0 unspecified atom stereocenters. The second-order valence-corrected chi connectivity index (χ2v) is 1.75. The van der Waals surface area contributed by atoms with Crippen LogP contribution in [0.15, 0.2) is 0 Å². The quantitative estimate of drug-likeness (QED) is 0.390. The van der Waals surface area contributed by atoms with Crippen LogP contribution >= 0.6 is 0 Å². The Hall–Kier alpha value is 0.576. The first-order chi connectivity index (χ1) is 4.04. The Balaban J connectivity index is 0. The van der Waals surface area contributed by atoms with E-state index in [-0.39, 0.29) is 63.8 Å². The van der Waals surface area contributed by atoms with Crippen molar-refractivity contribution in [3.05, 3.63) is 0 Å². The van der Waals surface area contributed by atoms with Crippen LogP contribution in [0.4, 0.5) is 0 Å². The van der Waals surface area contributed by atoms with E-state index in [0.717, 1.165) is 4.90 Å². The summed E-state index contributed by atoms with van der Waals surface area (Å²) in [7, 11) is 1.40. The second-order valence-electron chi connectivity index (χ2n) is 1.75. The van der Waals surface area contributed by atoms with E-state index in [2.05, 4.69) is 0 Å². The standard InChI is InChI=1S/C5H9NO3.K/c1-4(7)6(2)3-5(8)9;/h3H2,1-2H3,(H,8,9);/q;+1/p-1. The van der Waals surface area contributed by atoms with Gasteiger partial charge in [0.15, 0.2) is 0 Å². The topological polar surface area (TPSA) is 60.4 Å². The van der Waals surface area contributed by atoms with E-state index < -0.39 is 5.97 Å². The number of hydrogen-bond acceptors (Lipinski definition) is 3. The van der Waals surface area contributed by atoms with Crippen LogP contribution in [0.2, 0.25) is 0 Å². The molecule has 0 atom stereocenters. The average Bonchev–Trinajstić information content (AvgIpc) is 1.63. The number of amides is 1. The molecule has 5 heteroatoms. The zero-order valence-corrected chi connectivity index (χ0v) is 9.50. The summed E-state index contributed by atoms with van der Waals surface area (Å²) in [5.41, 5.74) is 0. The Labute approximate surface area is 102 Å². The molecule has 0 spiro atoms. The Morgan fingerprint density at radius 1 is 1.50 bits per heavy atom. The third-order valence-electron chi connectivity index (χ3n) is 0.904. The molecule has 0 aromatic rings. The van der Waals surface area contributed by atoms with Gasteiger partial charge in [-0.2, -0.15) is 0 Å². The molecule has 0 aliphatic rings. The average molecular weight is 169 g/mol. The van der Waals surface area contributed by atoms with Crippen LogP contribution in [0, 0.1) is 0 Å². The van der Waals surface area contributed by atoms with Gasteiger partial charge in [0.25, 0.3) is 0 Å². The van der Waals surface area contributed by atoms with Gasteiger partial charge in [-0.25, -0.2) is 0 Å². The first-order valence-corrected chi connectivity index (χ1v) is 2.45. The minimum atomic E-state index is -1.24. The summed E-state index contributed by atoms with van der Waals surface area (Å²) < 4.78 is 0. The predicted molar refractivity (Wildman–Crippen MR) is 28.3 cm³/mol. The summed E-state index contributed by atoms with van der Waals surface area (Å²) in [6.07, 6.45) is 0. The molecule has 0 aliphatic carbocycles. The molecule has 0 aromatic heterocycles. The maximum Gasteiger partial charge on any atom is 1.00 e. The van der Waals surface area contributed by atoms with Gasteiger partial charge in [0, 0.05) is 14.0 Å². The van der Waals surface area contributed by atoms with Gasteiger partial charge in [-0.3, -0.25) is 4.79 Å². The molecule has 0 bridgehead atoms. The molecule has 0 rings (SSSR count). The fourth-order valence-corrected chi connectivity index (χ4v) is 0.305. The summed E-state index contributed by atoms with van der Waals surface area (Å²) in [6.45, 7) is 0.957. The molecule has 0 aliphatic heterocycles. The Morgan fingerprint density at radius 3 is 2.00 bits per heavy atom. The summed E-state index contributed by atoms with van der Waals surface area (Å²) in [5, 5.41) is 9.81. The van der Waals surface area contributed by atoms with E-state index in [1.165, 1.54) is 14.0 Å². The monoisotopic (exact) mass is 169 g/mol. The van der Waals surface area contributed by atoms with E-state index in [0.29, 0.717) is 0 Å². The van der Waals surface area contributed by atoms with Gasteiger partial charge in [-0.05, 0) is 0 Å². The zero-order chi connectivity index (χ0) is 7.44. The van der Waals surface area contributed by atoms with Gasteiger partial charge in [0.2, 0.25) is 5.91 Å². The number of carboxylic acid groups (broad SMARTS) is 1. The molecule has 0 N–H and O–H groups in total. The fraction of sp³-hybridized carbons (Fsp3) is 0.600. The molecular formula is C5H8KNO3. The first-order valence-electron chi connectivity index (χ1n) is 2.45. The largest absolute Gasteiger partial charge is 1.00 e. The van der Waals surface area contributed by atoms with Crippen LogP contribution in [-0.2, 0) is 9.59 Å². The first kappa shape index (κ1) is 13.2. The fourth-order valence-electron chi connectivity index (χ4n) is 0.305. The number of carbonyl (C=O) groups is 2. The van der Waals surface area contributed by atoms with Crippen LogP contribution in [0.25, 0.3) is 0 Å². The van der Waals surface area contributed by atoms with Crippen LogP contribution < -0.4 is 56.5 Å². The van der Waals surface area contributed by atoms with Crippen molar-refractivity contribution in [3.63, 3.8) is 0 Å². The number of aliphatic carboxylic acids is 1. The second kappa shape index (κ2) is 6.30. The van der Waals surface area contributed by atoms with Gasteiger partial charge in [0.05, 0.1) is 12.5 Å². The molecule has 0 saturated carbocycles. The summed E-state index contributed by atoms with van der Waals surface area (Å²) >= 11 is 0. The van der Waals surface area contributed by atoms with E-state index in [9.17, 15) is 14.7 Å². The molecule has 0 fully saturated rings. The van der Waals surface area contributed by atoms with Crippen molar-refractivity contribution in [1.29, 1.82) is 0 Å². The molecule has 0 radical (unpaired) electrons. The number of nitrogens with zero attached hydrogens (tertiary/aromatic N) is 1. The SMILES string of the molecule is CC(=O)N(C)CC(=O)[O-].[K+]. The number of carboxylic acids is 1. The number of likely N-dealkylation sites (N-methyl/N-ethyl adjacent to an activating group) is 1. The zero-order valence-electron chi connectivity index (χ0n) is 6.38.